The summed E-state index contributed by atoms with van der Waals surface area (Å²) in [5, 5.41) is 0. The molecule has 1 aliphatic heterocycles. The molecule has 0 atom stereocenters. The van der Waals surface area contributed by atoms with E-state index in [1.54, 1.807) is 51.1 Å². The molecule has 8 nitrogen and oxygen atoms in total. The van der Waals surface area contributed by atoms with Crippen LogP contribution in [0, 0.1) is 6.92 Å². The molecular formula is C24H26O8. The molecule has 8 heteroatoms. The summed E-state index contributed by atoms with van der Waals surface area (Å²) in [7, 11) is 4.55. The molecule has 1 aliphatic rings. The first-order chi connectivity index (χ1) is 15.3. The van der Waals surface area contributed by atoms with Crippen molar-refractivity contribution in [3.8, 4) is 28.7 Å². The number of methoxy groups -OCH3 is 3. The van der Waals surface area contributed by atoms with Gasteiger partial charge in [-0.3, -0.25) is 4.79 Å². The van der Waals surface area contributed by atoms with Crippen molar-refractivity contribution in [2.75, 3.05) is 27.9 Å². The van der Waals surface area contributed by atoms with E-state index in [0.29, 0.717) is 45.4 Å². The van der Waals surface area contributed by atoms with Gasteiger partial charge in [0.1, 0.15) is 11.5 Å². The monoisotopic (exact) mass is 442 g/mol. The smallest absolute Gasteiger partial charge is 0.344 e. The standard InChI is InChI=1S/C24H26O8/c1-13(2)31-21(25)12-30-17-8-7-16-22(26)18(32-23(16)14(17)3)9-15-10-19(27-4)24(29-6)20(11-15)28-5/h7-11,13H,12H2,1-6H3/b18-9-. The molecule has 0 fully saturated rings. The van der Waals surface area contributed by atoms with Gasteiger partial charge in [0.2, 0.25) is 11.5 Å². The molecule has 1 heterocycles. The van der Waals surface area contributed by atoms with Gasteiger partial charge in [-0.15, -0.1) is 0 Å². The molecule has 0 aromatic heterocycles. The molecule has 0 unspecified atom stereocenters. The highest BCUT2D eigenvalue weighted by atomic mass is 16.6. The lowest BCUT2D eigenvalue weighted by Crippen LogP contribution is -2.19. The van der Waals surface area contributed by atoms with E-state index in [1.165, 1.54) is 21.3 Å². The van der Waals surface area contributed by atoms with Crippen LogP contribution in [0.25, 0.3) is 6.08 Å². The van der Waals surface area contributed by atoms with Gasteiger partial charge >= 0.3 is 5.97 Å². The zero-order chi connectivity index (χ0) is 23.4. The summed E-state index contributed by atoms with van der Waals surface area (Å²) in [6, 6.07) is 6.69. The van der Waals surface area contributed by atoms with Gasteiger partial charge in [-0.05, 0) is 56.7 Å². The maximum absolute atomic E-state index is 12.9. The number of rotatable bonds is 8. The molecule has 0 aliphatic carbocycles. The van der Waals surface area contributed by atoms with E-state index < -0.39 is 5.97 Å². The lowest BCUT2D eigenvalue weighted by atomic mass is 10.1. The lowest BCUT2D eigenvalue weighted by Gasteiger charge is -2.13. The number of fused-ring (bicyclic) bond motifs is 1. The average molecular weight is 442 g/mol. The third-order valence-corrected chi connectivity index (χ3v) is 4.73. The molecule has 0 amide bonds. The largest absolute Gasteiger partial charge is 0.493 e. The molecule has 0 saturated heterocycles. The normalized spacial score (nSPS) is 13.6. The predicted molar refractivity (Wildman–Crippen MR) is 117 cm³/mol. The Labute approximate surface area is 186 Å². The predicted octanol–water partition coefficient (Wildman–Crippen LogP) is 3.97. The Kier molecular flexibility index (Phi) is 6.92. The van der Waals surface area contributed by atoms with Gasteiger partial charge in [0.05, 0.1) is 33.0 Å². The summed E-state index contributed by atoms with van der Waals surface area (Å²) in [4.78, 5) is 24.6. The number of hydrogen-bond donors (Lipinski definition) is 0. The lowest BCUT2D eigenvalue weighted by molar-refractivity contribution is -0.149. The van der Waals surface area contributed by atoms with Crippen molar-refractivity contribution in [2.45, 2.75) is 26.9 Å². The fraction of sp³-hybridized carbons (Fsp3) is 0.333. The van der Waals surface area contributed by atoms with E-state index in [2.05, 4.69) is 0 Å². The van der Waals surface area contributed by atoms with Crippen molar-refractivity contribution in [1.82, 2.24) is 0 Å². The minimum atomic E-state index is -0.472. The topological polar surface area (TPSA) is 89.5 Å². The Bertz CT molecular complexity index is 1040. The molecule has 32 heavy (non-hydrogen) atoms. The quantitative estimate of drug-likeness (QED) is 0.448. The first-order valence-electron chi connectivity index (χ1n) is 9.99. The number of allylic oxidation sites excluding steroid dienone is 1. The van der Waals surface area contributed by atoms with Crippen molar-refractivity contribution in [2.24, 2.45) is 0 Å². The van der Waals surface area contributed by atoms with Crippen LogP contribution in [0.2, 0.25) is 0 Å². The summed E-state index contributed by atoms with van der Waals surface area (Å²) in [5.74, 6) is 1.61. The molecule has 170 valence electrons. The SMILES string of the molecule is COc1cc(/C=C2\Oc3c(ccc(OCC(=O)OC(C)C)c3C)C2=O)cc(OC)c1OC. The van der Waals surface area contributed by atoms with E-state index in [9.17, 15) is 9.59 Å². The van der Waals surface area contributed by atoms with E-state index in [4.69, 9.17) is 28.4 Å². The number of ketones is 1. The van der Waals surface area contributed by atoms with Crippen LogP contribution in [-0.2, 0) is 9.53 Å². The Balaban J connectivity index is 1.87. The maximum Gasteiger partial charge on any atom is 0.344 e. The van der Waals surface area contributed by atoms with Gasteiger partial charge in [0, 0.05) is 5.56 Å². The van der Waals surface area contributed by atoms with Gasteiger partial charge in [0.15, 0.2) is 23.9 Å². The van der Waals surface area contributed by atoms with Crippen LogP contribution in [0.5, 0.6) is 28.7 Å². The molecule has 3 rings (SSSR count). The first-order valence-corrected chi connectivity index (χ1v) is 9.99. The van der Waals surface area contributed by atoms with Crippen LogP contribution in [0.15, 0.2) is 30.0 Å². The number of carbonyl (C=O) groups is 2. The molecule has 0 saturated carbocycles. The van der Waals surface area contributed by atoms with Crippen LogP contribution in [-0.4, -0.2) is 45.8 Å². The molecule has 2 aromatic rings. The highest BCUT2D eigenvalue weighted by Gasteiger charge is 2.30. The van der Waals surface area contributed by atoms with Crippen LogP contribution < -0.4 is 23.7 Å². The number of benzene rings is 2. The third-order valence-electron chi connectivity index (χ3n) is 4.73. The number of esters is 1. The van der Waals surface area contributed by atoms with Crippen LogP contribution in [0.4, 0.5) is 0 Å². The van der Waals surface area contributed by atoms with E-state index in [0.717, 1.165) is 0 Å². The Morgan fingerprint density at radius 3 is 2.25 bits per heavy atom. The Hall–Kier alpha value is -3.68. The minimum Gasteiger partial charge on any atom is -0.493 e. The zero-order valence-corrected chi connectivity index (χ0v) is 18.9. The van der Waals surface area contributed by atoms with Crippen molar-refractivity contribution < 1.29 is 38.0 Å². The fourth-order valence-corrected chi connectivity index (χ4v) is 3.29. The second kappa shape index (κ2) is 9.64. The number of carbonyl (C=O) groups excluding carboxylic acids is 2. The van der Waals surface area contributed by atoms with E-state index in [-0.39, 0.29) is 24.3 Å². The summed E-state index contributed by atoms with van der Waals surface area (Å²) in [5.41, 5.74) is 1.67. The minimum absolute atomic E-state index is 0.147. The Morgan fingerprint density at radius 2 is 1.69 bits per heavy atom. The van der Waals surface area contributed by atoms with Crippen molar-refractivity contribution in [3.63, 3.8) is 0 Å². The molecule has 0 spiro atoms. The molecule has 0 bridgehead atoms. The summed E-state index contributed by atoms with van der Waals surface area (Å²) in [6.07, 6.45) is 1.38. The van der Waals surface area contributed by atoms with Crippen LogP contribution in [0.3, 0.4) is 0 Å². The number of ether oxygens (including phenoxy) is 6. The van der Waals surface area contributed by atoms with Crippen molar-refractivity contribution in [1.29, 1.82) is 0 Å². The second-order valence-electron chi connectivity index (χ2n) is 7.29. The highest BCUT2D eigenvalue weighted by molar-refractivity contribution is 6.15. The number of hydrogen-bond acceptors (Lipinski definition) is 8. The maximum atomic E-state index is 12.9. The summed E-state index contributed by atoms with van der Waals surface area (Å²) >= 11 is 0. The molecular weight excluding hydrogens is 416 g/mol. The van der Waals surface area contributed by atoms with Crippen molar-refractivity contribution in [3.05, 3.63) is 46.7 Å². The van der Waals surface area contributed by atoms with Crippen LogP contribution in [0.1, 0.15) is 35.3 Å². The summed E-state index contributed by atoms with van der Waals surface area (Å²) < 4.78 is 32.6. The summed E-state index contributed by atoms with van der Waals surface area (Å²) in [6.45, 7) is 5.05. The molecule has 0 radical (unpaired) electrons. The third kappa shape index (κ3) is 4.64. The number of Topliss-reactive ketones (excluding diaryl/α,β-unsaturated/α-hetero) is 1. The zero-order valence-electron chi connectivity index (χ0n) is 18.9. The van der Waals surface area contributed by atoms with E-state index >= 15 is 0 Å². The van der Waals surface area contributed by atoms with Gasteiger partial charge < -0.3 is 28.4 Å². The fourth-order valence-electron chi connectivity index (χ4n) is 3.29. The highest BCUT2D eigenvalue weighted by Crippen LogP contribution is 2.41. The average Bonchev–Trinajstić information content (AvgIpc) is 3.08. The first kappa shape index (κ1) is 23.0. The molecule has 0 N–H and O–H groups in total. The Morgan fingerprint density at radius 1 is 1.03 bits per heavy atom. The van der Waals surface area contributed by atoms with Crippen LogP contribution >= 0.6 is 0 Å². The second-order valence-corrected chi connectivity index (χ2v) is 7.29. The van der Waals surface area contributed by atoms with Crippen molar-refractivity contribution >= 4 is 17.8 Å². The van der Waals surface area contributed by atoms with Gasteiger partial charge in [-0.25, -0.2) is 4.79 Å². The molecule has 2 aromatic carbocycles. The van der Waals surface area contributed by atoms with Gasteiger partial charge in [-0.1, -0.05) is 0 Å². The van der Waals surface area contributed by atoms with Gasteiger partial charge in [-0.2, -0.15) is 0 Å². The van der Waals surface area contributed by atoms with Gasteiger partial charge in [0.25, 0.3) is 0 Å². The van der Waals surface area contributed by atoms with E-state index in [1.807, 2.05) is 0 Å².